The third-order valence-corrected chi connectivity index (χ3v) is 4.35. The second kappa shape index (κ2) is 11.0. The van der Waals surface area contributed by atoms with E-state index in [2.05, 4.69) is 40.7 Å². The van der Waals surface area contributed by atoms with Gasteiger partial charge in [0.05, 0.1) is 12.6 Å². The lowest BCUT2D eigenvalue weighted by Crippen LogP contribution is -2.39. The van der Waals surface area contributed by atoms with E-state index >= 15 is 0 Å². The second-order valence-electron chi connectivity index (χ2n) is 6.92. The quantitative estimate of drug-likeness (QED) is 0.463. The summed E-state index contributed by atoms with van der Waals surface area (Å²) in [6.45, 7) is 9.68. The fourth-order valence-electron chi connectivity index (χ4n) is 2.73. The molecule has 0 radical (unpaired) electrons. The number of aliphatic hydroxyl groups excluding tert-OH is 1. The van der Waals surface area contributed by atoms with Crippen molar-refractivity contribution in [3.8, 4) is 5.75 Å². The van der Waals surface area contributed by atoms with Crippen LogP contribution >= 0.6 is 0 Å². The first-order valence-electron chi connectivity index (χ1n) is 9.59. The first-order chi connectivity index (χ1) is 12.6. The Morgan fingerprint density at radius 3 is 2.96 bits per heavy atom. The Labute approximate surface area is 157 Å². The lowest BCUT2D eigenvalue weighted by molar-refractivity contribution is 0.0676. The molecule has 3 N–H and O–H groups in total. The molecule has 146 valence electrons. The van der Waals surface area contributed by atoms with Gasteiger partial charge in [-0.2, -0.15) is 0 Å². The maximum absolute atomic E-state index is 9.17. The van der Waals surface area contributed by atoms with E-state index < -0.39 is 0 Å². The molecule has 1 aromatic carbocycles. The molecule has 2 unspecified atom stereocenters. The topological polar surface area (TPSA) is 75.1 Å². The van der Waals surface area contributed by atoms with Crippen LogP contribution in [-0.4, -0.2) is 50.1 Å². The fourth-order valence-corrected chi connectivity index (χ4v) is 2.73. The molecule has 0 aromatic heterocycles. The highest BCUT2D eigenvalue weighted by atomic mass is 16.5. The molecule has 2 rings (SSSR count). The van der Waals surface area contributed by atoms with Crippen molar-refractivity contribution in [1.82, 2.24) is 10.6 Å². The number of hydrogen-bond donors (Lipinski definition) is 3. The summed E-state index contributed by atoms with van der Waals surface area (Å²) in [6.07, 6.45) is 2.38. The van der Waals surface area contributed by atoms with Gasteiger partial charge < -0.3 is 25.2 Å². The summed E-state index contributed by atoms with van der Waals surface area (Å²) in [5.41, 5.74) is 2.22. The van der Waals surface area contributed by atoms with Gasteiger partial charge in [0.2, 0.25) is 0 Å². The summed E-state index contributed by atoms with van der Waals surface area (Å²) in [4.78, 5) is 4.66. The highest BCUT2D eigenvalue weighted by Crippen LogP contribution is 2.23. The zero-order valence-electron chi connectivity index (χ0n) is 16.3. The number of aliphatic hydroxyl groups is 1. The van der Waals surface area contributed by atoms with Crippen LogP contribution in [0.5, 0.6) is 5.75 Å². The average Bonchev–Trinajstić information content (AvgIpc) is 3.16. The number of aryl methyl sites for hydroxylation is 1. The third kappa shape index (κ3) is 6.84. The summed E-state index contributed by atoms with van der Waals surface area (Å²) >= 11 is 0. The van der Waals surface area contributed by atoms with Crippen LogP contribution in [0.3, 0.4) is 0 Å². The Kier molecular flexibility index (Phi) is 8.71. The van der Waals surface area contributed by atoms with Crippen LogP contribution in [0.2, 0.25) is 0 Å². The molecule has 0 saturated carbocycles. The van der Waals surface area contributed by atoms with Crippen molar-refractivity contribution < 1.29 is 14.6 Å². The van der Waals surface area contributed by atoms with Crippen molar-refractivity contribution in [2.45, 2.75) is 46.3 Å². The molecule has 1 aliphatic rings. The average molecular weight is 364 g/mol. The fraction of sp³-hybridized carbons (Fsp3) is 0.650. The molecular formula is C20H33N3O3. The molecule has 0 spiro atoms. The van der Waals surface area contributed by atoms with E-state index in [-0.39, 0.29) is 18.6 Å². The zero-order valence-corrected chi connectivity index (χ0v) is 16.3. The van der Waals surface area contributed by atoms with Crippen LogP contribution in [-0.2, 0) is 11.3 Å². The number of ether oxygens (including phenoxy) is 2. The molecule has 1 aromatic rings. The van der Waals surface area contributed by atoms with Gasteiger partial charge in [-0.15, -0.1) is 0 Å². The minimum atomic E-state index is 0.158. The van der Waals surface area contributed by atoms with E-state index in [1.54, 1.807) is 0 Å². The lowest BCUT2D eigenvalue weighted by atomic mass is 10.1. The Bertz CT molecular complexity index is 571. The summed E-state index contributed by atoms with van der Waals surface area (Å²) in [6, 6.07) is 6.22. The van der Waals surface area contributed by atoms with Crippen molar-refractivity contribution in [1.29, 1.82) is 0 Å². The number of benzene rings is 1. The predicted molar refractivity (Wildman–Crippen MR) is 105 cm³/mol. The van der Waals surface area contributed by atoms with Crippen molar-refractivity contribution in [3.63, 3.8) is 0 Å². The smallest absolute Gasteiger partial charge is 0.191 e. The Morgan fingerprint density at radius 2 is 2.27 bits per heavy atom. The van der Waals surface area contributed by atoms with E-state index in [9.17, 15) is 0 Å². The minimum Gasteiger partial charge on any atom is -0.491 e. The molecule has 1 saturated heterocycles. The number of hydrogen-bond acceptors (Lipinski definition) is 4. The molecule has 1 heterocycles. The molecule has 26 heavy (non-hydrogen) atoms. The molecule has 6 nitrogen and oxygen atoms in total. The first-order valence-corrected chi connectivity index (χ1v) is 9.59. The number of nitrogens with one attached hydrogen (secondary N) is 2. The molecule has 0 bridgehead atoms. The molecule has 1 aliphatic heterocycles. The highest BCUT2D eigenvalue weighted by Gasteiger charge is 2.17. The highest BCUT2D eigenvalue weighted by molar-refractivity contribution is 5.79. The van der Waals surface area contributed by atoms with Crippen LogP contribution in [0.15, 0.2) is 23.2 Å². The Balaban J connectivity index is 2.00. The van der Waals surface area contributed by atoms with Gasteiger partial charge in [-0.3, -0.25) is 0 Å². The summed E-state index contributed by atoms with van der Waals surface area (Å²) in [5, 5.41) is 15.7. The molecule has 0 amide bonds. The molecule has 6 heteroatoms. The monoisotopic (exact) mass is 363 g/mol. The van der Waals surface area contributed by atoms with Gasteiger partial charge in [0.15, 0.2) is 5.96 Å². The van der Waals surface area contributed by atoms with Crippen LogP contribution < -0.4 is 15.4 Å². The normalized spacial score (nSPS) is 18.6. The number of nitrogens with zero attached hydrogens (tertiary/aromatic N) is 1. The van der Waals surface area contributed by atoms with Crippen LogP contribution in [0.4, 0.5) is 0 Å². The van der Waals surface area contributed by atoms with Gasteiger partial charge in [0.25, 0.3) is 0 Å². The van der Waals surface area contributed by atoms with Gasteiger partial charge in [0.1, 0.15) is 12.4 Å². The van der Waals surface area contributed by atoms with Crippen LogP contribution in [0.25, 0.3) is 0 Å². The van der Waals surface area contributed by atoms with Gasteiger partial charge >= 0.3 is 0 Å². The van der Waals surface area contributed by atoms with Crippen LogP contribution in [0, 0.1) is 12.8 Å². The summed E-state index contributed by atoms with van der Waals surface area (Å²) in [5.74, 6) is 1.81. The Morgan fingerprint density at radius 1 is 1.42 bits per heavy atom. The largest absolute Gasteiger partial charge is 0.491 e. The number of aliphatic imine (C=N–C) groups is 1. The molecule has 2 atom stereocenters. The number of rotatable bonds is 9. The van der Waals surface area contributed by atoms with E-state index in [0.29, 0.717) is 19.7 Å². The third-order valence-electron chi connectivity index (χ3n) is 4.35. The van der Waals surface area contributed by atoms with Gasteiger partial charge in [-0.05, 0) is 44.2 Å². The molecule has 0 aliphatic carbocycles. The molecule has 1 fully saturated rings. The predicted octanol–water partition coefficient (Wildman–Crippen LogP) is 2.24. The Hall–Kier alpha value is -1.79. The standard InChI is InChI=1S/C20H33N3O3/c1-4-21-20(22-11-16(3)13-24)23-12-17-8-7-15(2)10-19(17)26-14-18-6-5-9-25-18/h7-8,10,16,18,24H,4-6,9,11-14H2,1-3H3,(H2,21,22,23). The maximum Gasteiger partial charge on any atom is 0.191 e. The molecular weight excluding hydrogens is 330 g/mol. The van der Waals surface area contributed by atoms with Gasteiger partial charge in [0, 0.05) is 31.9 Å². The van der Waals surface area contributed by atoms with E-state index in [4.69, 9.17) is 14.6 Å². The first kappa shape index (κ1) is 20.5. The van der Waals surface area contributed by atoms with E-state index in [1.807, 2.05) is 13.8 Å². The van der Waals surface area contributed by atoms with Crippen LogP contribution in [0.1, 0.15) is 37.8 Å². The van der Waals surface area contributed by atoms with E-state index in [0.717, 1.165) is 43.3 Å². The van der Waals surface area contributed by atoms with Crippen molar-refractivity contribution in [2.75, 3.05) is 32.9 Å². The van der Waals surface area contributed by atoms with Crippen molar-refractivity contribution >= 4 is 5.96 Å². The van der Waals surface area contributed by atoms with Crippen molar-refractivity contribution in [2.24, 2.45) is 10.9 Å². The van der Waals surface area contributed by atoms with Gasteiger partial charge in [-0.25, -0.2) is 4.99 Å². The van der Waals surface area contributed by atoms with Crippen molar-refractivity contribution in [3.05, 3.63) is 29.3 Å². The minimum absolute atomic E-state index is 0.158. The summed E-state index contributed by atoms with van der Waals surface area (Å²) < 4.78 is 11.7. The van der Waals surface area contributed by atoms with E-state index in [1.165, 1.54) is 5.56 Å². The van der Waals surface area contributed by atoms with Gasteiger partial charge in [-0.1, -0.05) is 19.1 Å². The second-order valence-corrected chi connectivity index (χ2v) is 6.92. The maximum atomic E-state index is 9.17. The number of guanidine groups is 1. The SMILES string of the molecule is CCNC(=NCc1ccc(C)cc1OCC1CCCO1)NCC(C)CO. The zero-order chi connectivity index (χ0) is 18.8. The summed E-state index contributed by atoms with van der Waals surface area (Å²) in [7, 11) is 0. The lowest BCUT2D eigenvalue weighted by Gasteiger charge is -2.16.